The van der Waals surface area contributed by atoms with Gasteiger partial charge in [0.1, 0.15) is 11.3 Å². The third kappa shape index (κ3) is 1.29. The minimum Gasteiger partial charge on any atom is -0.506 e. The summed E-state index contributed by atoms with van der Waals surface area (Å²) in [4.78, 5) is 10.6. The van der Waals surface area contributed by atoms with E-state index in [1.54, 1.807) is 0 Å². The maximum atomic E-state index is 10.6. The van der Waals surface area contributed by atoms with Crippen molar-refractivity contribution in [2.75, 3.05) is 0 Å². The van der Waals surface area contributed by atoms with Gasteiger partial charge in [0, 0.05) is 11.5 Å². The fourth-order valence-corrected chi connectivity index (χ4v) is 1.33. The van der Waals surface area contributed by atoms with Gasteiger partial charge in [-0.05, 0) is 12.1 Å². The van der Waals surface area contributed by atoms with E-state index in [0.29, 0.717) is 11.0 Å². The maximum absolute atomic E-state index is 10.6. The highest BCUT2D eigenvalue weighted by atomic mass is 35.5. The normalized spacial score (nSPS) is 10.6. The number of rotatable bonds is 1. The van der Waals surface area contributed by atoms with E-state index in [1.807, 2.05) is 0 Å². The topological polar surface area (TPSA) is 70.7 Å². The molecule has 0 aliphatic heterocycles. The van der Waals surface area contributed by atoms with Gasteiger partial charge in [0.05, 0.1) is 5.02 Å². The molecular formula is C9H5ClO4. The molecule has 0 unspecified atom stereocenters. The summed E-state index contributed by atoms with van der Waals surface area (Å²) in [5, 5.41) is 18.6. The number of benzene rings is 1. The van der Waals surface area contributed by atoms with Crippen molar-refractivity contribution in [2.24, 2.45) is 0 Å². The number of carboxylic acid groups (broad SMARTS) is 1. The Morgan fingerprint density at radius 3 is 2.71 bits per heavy atom. The lowest BCUT2D eigenvalue weighted by molar-refractivity contribution is 0.0665. The molecule has 0 aliphatic rings. The van der Waals surface area contributed by atoms with Crippen molar-refractivity contribution in [3.8, 4) is 5.75 Å². The van der Waals surface area contributed by atoms with E-state index in [1.165, 1.54) is 18.2 Å². The standard InChI is InChI=1S/C9H5ClO4/c10-5-1-4-2-8(9(12)13)14-7(4)3-6(5)11/h1-3,11H,(H,12,13). The lowest BCUT2D eigenvalue weighted by atomic mass is 10.2. The number of furan rings is 1. The van der Waals surface area contributed by atoms with E-state index in [4.69, 9.17) is 21.1 Å². The van der Waals surface area contributed by atoms with Gasteiger partial charge in [-0.15, -0.1) is 0 Å². The van der Waals surface area contributed by atoms with Crippen LogP contribution in [0.5, 0.6) is 5.75 Å². The van der Waals surface area contributed by atoms with Crippen LogP contribution in [0.15, 0.2) is 22.6 Å². The number of hydrogen-bond acceptors (Lipinski definition) is 3. The van der Waals surface area contributed by atoms with Crippen LogP contribution in [0, 0.1) is 0 Å². The molecule has 0 amide bonds. The predicted molar refractivity (Wildman–Crippen MR) is 49.8 cm³/mol. The van der Waals surface area contributed by atoms with Gasteiger partial charge in [-0.3, -0.25) is 0 Å². The lowest BCUT2D eigenvalue weighted by Gasteiger charge is -1.94. The zero-order valence-corrected chi connectivity index (χ0v) is 7.58. The zero-order chi connectivity index (χ0) is 10.3. The molecule has 0 saturated heterocycles. The number of halogens is 1. The highest BCUT2D eigenvalue weighted by molar-refractivity contribution is 6.32. The lowest BCUT2D eigenvalue weighted by Crippen LogP contribution is -1.91. The number of fused-ring (bicyclic) bond motifs is 1. The van der Waals surface area contributed by atoms with Crippen molar-refractivity contribution < 1.29 is 19.4 Å². The highest BCUT2D eigenvalue weighted by Crippen LogP contribution is 2.30. The van der Waals surface area contributed by atoms with Crippen molar-refractivity contribution in [3.05, 3.63) is 29.0 Å². The van der Waals surface area contributed by atoms with Gasteiger partial charge < -0.3 is 14.6 Å². The van der Waals surface area contributed by atoms with E-state index in [9.17, 15) is 9.90 Å². The minimum atomic E-state index is -1.16. The van der Waals surface area contributed by atoms with Crippen molar-refractivity contribution in [1.82, 2.24) is 0 Å². The van der Waals surface area contributed by atoms with Gasteiger partial charge in [0.15, 0.2) is 0 Å². The first kappa shape index (κ1) is 8.90. The molecule has 0 saturated carbocycles. The van der Waals surface area contributed by atoms with Crippen LogP contribution in [-0.2, 0) is 0 Å². The second-order valence-electron chi connectivity index (χ2n) is 2.76. The van der Waals surface area contributed by atoms with Crippen LogP contribution in [0.3, 0.4) is 0 Å². The van der Waals surface area contributed by atoms with Crippen LogP contribution in [0.2, 0.25) is 5.02 Å². The summed E-state index contributed by atoms with van der Waals surface area (Å²) in [7, 11) is 0. The smallest absolute Gasteiger partial charge is 0.371 e. The number of phenolic OH excluding ortho intramolecular Hbond substituents is 1. The van der Waals surface area contributed by atoms with Crippen molar-refractivity contribution in [1.29, 1.82) is 0 Å². The minimum absolute atomic E-state index is 0.134. The van der Waals surface area contributed by atoms with Crippen LogP contribution in [-0.4, -0.2) is 16.2 Å². The monoisotopic (exact) mass is 212 g/mol. The Morgan fingerprint density at radius 2 is 2.07 bits per heavy atom. The van der Waals surface area contributed by atoms with Gasteiger partial charge in [-0.25, -0.2) is 4.79 Å². The van der Waals surface area contributed by atoms with Crippen molar-refractivity contribution in [2.45, 2.75) is 0 Å². The molecule has 1 aromatic carbocycles. The van der Waals surface area contributed by atoms with E-state index in [-0.39, 0.29) is 16.5 Å². The quantitative estimate of drug-likeness (QED) is 0.762. The molecule has 4 nitrogen and oxygen atoms in total. The van der Waals surface area contributed by atoms with Crippen LogP contribution in [0.25, 0.3) is 11.0 Å². The Labute approximate surface area is 83.3 Å². The number of phenols is 1. The number of hydrogen-bond donors (Lipinski definition) is 2. The summed E-state index contributed by atoms with van der Waals surface area (Å²) in [5.41, 5.74) is 0.296. The highest BCUT2D eigenvalue weighted by Gasteiger charge is 2.12. The SMILES string of the molecule is O=C(O)c1cc2cc(Cl)c(O)cc2o1. The number of aromatic carboxylic acids is 1. The Bertz CT molecular complexity index is 476. The average Bonchev–Trinajstić information content (AvgIpc) is 2.48. The summed E-state index contributed by atoms with van der Waals surface area (Å²) in [5.74, 6) is -1.47. The second-order valence-corrected chi connectivity index (χ2v) is 3.16. The van der Waals surface area contributed by atoms with Crippen LogP contribution in [0.4, 0.5) is 0 Å². The first-order chi connectivity index (χ1) is 6.58. The first-order valence-corrected chi connectivity index (χ1v) is 4.11. The van der Waals surface area contributed by atoms with Crippen molar-refractivity contribution in [3.63, 3.8) is 0 Å². The molecule has 0 radical (unpaired) electrons. The fourth-order valence-electron chi connectivity index (χ4n) is 1.15. The third-order valence-corrected chi connectivity index (χ3v) is 2.10. The molecule has 1 heterocycles. The Hall–Kier alpha value is -1.68. The van der Waals surface area contributed by atoms with E-state index >= 15 is 0 Å². The van der Waals surface area contributed by atoms with Gasteiger partial charge in [0.25, 0.3) is 0 Å². The van der Waals surface area contributed by atoms with Crippen LogP contribution in [0.1, 0.15) is 10.6 Å². The number of carbonyl (C=O) groups is 1. The van der Waals surface area contributed by atoms with Crippen molar-refractivity contribution >= 4 is 28.5 Å². The summed E-state index contributed by atoms with van der Waals surface area (Å²) < 4.78 is 4.95. The number of carboxylic acids is 1. The van der Waals surface area contributed by atoms with E-state index < -0.39 is 5.97 Å². The molecule has 2 aromatic rings. The van der Waals surface area contributed by atoms with E-state index in [0.717, 1.165) is 0 Å². The molecule has 0 spiro atoms. The molecule has 0 aliphatic carbocycles. The molecular weight excluding hydrogens is 208 g/mol. The molecule has 5 heteroatoms. The largest absolute Gasteiger partial charge is 0.506 e. The Balaban J connectivity index is 2.72. The van der Waals surface area contributed by atoms with E-state index in [2.05, 4.69) is 0 Å². The van der Waals surface area contributed by atoms with Gasteiger partial charge in [-0.2, -0.15) is 0 Å². The molecule has 1 aromatic heterocycles. The maximum Gasteiger partial charge on any atom is 0.371 e. The summed E-state index contributed by atoms with van der Waals surface area (Å²) in [6.07, 6.45) is 0. The number of aromatic hydroxyl groups is 1. The van der Waals surface area contributed by atoms with Gasteiger partial charge in [-0.1, -0.05) is 11.6 Å². The first-order valence-electron chi connectivity index (χ1n) is 3.73. The van der Waals surface area contributed by atoms with Crippen LogP contribution < -0.4 is 0 Å². The Morgan fingerprint density at radius 1 is 1.36 bits per heavy atom. The van der Waals surface area contributed by atoms with Gasteiger partial charge >= 0.3 is 5.97 Å². The fraction of sp³-hybridized carbons (Fsp3) is 0. The summed E-state index contributed by atoms with van der Waals surface area (Å²) >= 11 is 5.64. The average molecular weight is 213 g/mol. The molecule has 72 valence electrons. The van der Waals surface area contributed by atoms with Crippen LogP contribution >= 0.6 is 11.6 Å². The molecule has 2 rings (SSSR count). The molecule has 0 atom stereocenters. The predicted octanol–water partition coefficient (Wildman–Crippen LogP) is 2.49. The zero-order valence-electron chi connectivity index (χ0n) is 6.82. The summed E-state index contributed by atoms with van der Waals surface area (Å²) in [6, 6.07) is 4.08. The van der Waals surface area contributed by atoms with Gasteiger partial charge in [0.2, 0.25) is 5.76 Å². The summed E-state index contributed by atoms with van der Waals surface area (Å²) in [6.45, 7) is 0. The third-order valence-electron chi connectivity index (χ3n) is 1.80. The Kier molecular flexibility index (Phi) is 1.86. The molecule has 0 bridgehead atoms. The molecule has 2 N–H and O–H groups in total. The second kappa shape index (κ2) is 2.92. The molecule has 14 heavy (non-hydrogen) atoms. The molecule has 0 fully saturated rings.